The quantitative estimate of drug-likeness (QED) is 0.522. The SMILES string of the molecule is CCCCN1/C=C(/C=O)CC/C=C\C1C. The first-order valence-electron chi connectivity index (χ1n) is 5.86. The maximum Gasteiger partial charge on any atom is 0.147 e. The Kier molecular flexibility index (Phi) is 5.16. The molecule has 0 aliphatic carbocycles. The van der Waals surface area contributed by atoms with Gasteiger partial charge >= 0.3 is 0 Å². The van der Waals surface area contributed by atoms with Gasteiger partial charge in [-0.25, -0.2) is 0 Å². The Balaban J connectivity index is 2.69. The minimum Gasteiger partial charge on any atom is -0.371 e. The number of carbonyl (C=O) groups excluding carboxylic acids is 1. The Morgan fingerprint density at radius 2 is 2.40 bits per heavy atom. The molecule has 0 radical (unpaired) electrons. The second kappa shape index (κ2) is 6.44. The van der Waals surface area contributed by atoms with E-state index in [2.05, 4.69) is 30.9 Å². The molecule has 2 heteroatoms. The number of rotatable bonds is 4. The van der Waals surface area contributed by atoms with Crippen LogP contribution in [0.4, 0.5) is 0 Å². The first-order valence-corrected chi connectivity index (χ1v) is 5.86. The van der Waals surface area contributed by atoms with E-state index in [-0.39, 0.29) is 0 Å². The van der Waals surface area contributed by atoms with Crippen LogP contribution < -0.4 is 0 Å². The molecule has 0 spiro atoms. The second-order valence-electron chi connectivity index (χ2n) is 4.12. The fourth-order valence-electron chi connectivity index (χ4n) is 1.75. The van der Waals surface area contributed by atoms with Crippen LogP contribution in [0.3, 0.4) is 0 Å². The van der Waals surface area contributed by atoms with Crippen molar-refractivity contribution in [1.29, 1.82) is 0 Å². The summed E-state index contributed by atoms with van der Waals surface area (Å²) in [4.78, 5) is 13.1. The van der Waals surface area contributed by atoms with Gasteiger partial charge in [0.25, 0.3) is 0 Å². The number of hydrogen-bond acceptors (Lipinski definition) is 2. The highest BCUT2D eigenvalue weighted by molar-refractivity contribution is 5.72. The molecule has 0 fully saturated rings. The van der Waals surface area contributed by atoms with E-state index in [9.17, 15) is 4.79 Å². The lowest BCUT2D eigenvalue weighted by atomic mass is 10.1. The largest absolute Gasteiger partial charge is 0.371 e. The molecule has 0 bridgehead atoms. The molecular formula is C13H21NO. The van der Waals surface area contributed by atoms with Crippen molar-refractivity contribution in [2.45, 2.75) is 45.6 Å². The van der Waals surface area contributed by atoms with Crippen LogP contribution in [-0.2, 0) is 4.79 Å². The zero-order chi connectivity index (χ0) is 11.1. The first-order chi connectivity index (χ1) is 7.27. The smallest absolute Gasteiger partial charge is 0.147 e. The molecule has 1 unspecified atom stereocenters. The number of aldehydes is 1. The van der Waals surface area contributed by atoms with Gasteiger partial charge < -0.3 is 4.90 Å². The van der Waals surface area contributed by atoms with E-state index in [0.717, 1.165) is 31.2 Å². The summed E-state index contributed by atoms with van der Waals surface area (Å²) in [5.74, 6) is 0. The van der Waals surface area contributed by atoms with E-state index in [1.165, 1.54) is 12.8 Å². The first kappa shape index (κ1) is 12.0. The third-order valence-electron chi connectivity index (χ3n) is 2.79. The van der Waals surface area contributed by atoms with Crippen molar-refractivity contribution in [3.8, 4) is 0 Å². The average molecular weight is 207 g/mol. The maximum absolute atomic E-state index is 10.8. The van der Waals surface area contributed by atoms with E-state index < -0.39 is 0 Å². The van der Waals surface area contributed by atoms with Crippen molar-refractivity contribution in [2.75, 3.05) is 6.54 Å². The summed E-state index contributed by atoms with van der Waals surface area (Å²) in [5, 5.41) is 0. The zero-order valence-corrected chi connectivity index (χ0v) is 9.78. The van der Waals surface area contributed by atoms with Crippen molar-refractivity contribution in [1.82, 2.24) is 4.90 Å². The maximum atomic E-state index is 10.8. The van der Waals surface area contributed by atoms with E-state index in [1.807, 2.05) is 6.20 Å². The predicted molar refractivity (Wildman–Crippen MR) is 63.6 cm³/mol. The van der Waals surface area contributed by atoms with Gasteiger partial charge in [0, 0.05) is 24.4 Å². The highest BCUT2D eigenvalue weighted by Gasteiger charge is 2.09. The monoisotopic (exact) mass is 207 g/mol. The summed E-state index contributed by atoms with van der Waals surface area (Å²) in [6.07, 6.45) is 11.7. The number of carbonyl (C=O) groups is 1. The summed E-state index contributed by atoms with van der Waals surface area (Å²) in [6.45, 7) is 5.41. The summed E-state index contributed by atoms with van der Waals surface area (Å²) < 4.78 is 0. The van der Waals surface area contributed by atoms with Crippen molar-refractivity contribution < 1.29 is 4.79 Å². The van der Waals surface area contributed by atoms with Gasteiger partial charge in [-0.2, -0.15) is 0 Å². The number of hydrogen-bond donors (Lipinski definition) is 0. The molecule has 1 heterocycles. The summed E-state index contributed by atoms with van der Waals surface area (Å²) in [6, 6.07) is 0.409. The fourth-order valence-corrected chi connectivity index (χ4v) is 1.75. The van der Waals surface area contributed by atoms with Crippen LogP contribution in [0.15, 0.2) is 23.9 Å². The molecule has 0 amide bonds. The molecule has 15 heavy (non-hydrogen) atoms. The lowest BCUT2D eigenvalue weighted by Gasteiger charge is -2.27. The Bertz CT molecular complexity index is 255. The van der Waals surface area contributed by atoms with E-state index in [1.54, 1.807) is 0 Å². The number of allylic oxidation sites excluding steroid dienone is 2. The van der Waals surface area contributed by atoms with Crippen molar-refractivity contribution in [2.24, 2.45) is 0 Å². The Hall–Kier alpha value is -1.05. The third kappa shape index (κ3) is 3.90. The third-order valence-corrected chi connectivity index (χ3v) is 2.79. The Morgan fingerprint density at radius 3 is 3.07 bits per heavy atom. The zero-order valence-electron chi connectivity index (χ0n) is 9.78. The highest BCUT2D eigenvalue weighted by Crippen LogP contribution is 2.13. The van der Waals surface area contributed by atoms with Crippen LogP contribution in [0, 0.1) is 0 Å². The predicted octanol–water partition coefficient (Wildman–Crippen LogP) is 2.91. The lowest BCUT2D eigenvalue weighted by Crippen LogP contribution is -2.28. The molecule has 0 aromatic heterocycles. The minimum absolute atomic E-state index is 0.409. The van der Waals surface area contributed by atoms with Crippen molar-refractivity contribution >= 4 is 6.29 Å². The molecule has 1 aliphatic rings. The van der Waals surface area contributed by atoms with Crippen molar-refractivity contribution in [3.63, 3.8) is 0 Å². The summed E-state index contributed by atoms with van der Waals surface area (Å²) in [5.41, 5.74) is 0.919. The van der Waals surface area contributed by atoms with Gasteiger partial charge in [-0.15, -0.1) is 0 Å². The molecule has 1 aliphatic heterocycles. The van der Waals surface area contributed by atoms with Crippen LogP contribution in [-0.4, -0.2) is 23.8 Å². The number of unbranched alkanes of at least 4 members (excludes halogenated alkanes) is 1. The van der Waals surface area contributed by atoms with Crippen LogP contribution >= 0.6 is 0 Å². The normalized spacial score (nSPS) is 27.5. The van der Waals surface area contributed by atoms with Gasteiger partial charge in [-0.05, 0) is 26.2 Å². The van der Waals surface area contributed by atoms with Gasteiger partial charge in [-0.1, -0.05) is 25.5 Å². The van der Waals surface area contributed by atoms with Gasteiger partial charge in [-0.3, -0.25) is 4.79 Å². The molecule has 0 aromatic rings. The van der Waals surface area contributed by atoms with E-state index >= 15 is 0 Å². The number of nitrogens with zero attached hydrogens (tertiary/aromatic N) is 1. The van der Waals surface area contributed by atoms with Gasteiger partial charge in [0.2, 0.25) is 0 Å². The average Bonchev–Trinajstić information content (AvgIpc) is 2.24. The van der Waals surface area contributed by atoms with Crippen LogP contribution in [0.25, 0.3) is 0 Å². The van der Waals surface area contributed by atoms with Crippen LogP contribution in [0.1, 0.15) is 39.5 Å². The van der Waals surface area contributed by atoms with Crippen molar-refractivity contribution in [3.05, 3.63) is 23.9 Å². The Morgan fingerprint density at radius 1 is 1.60 bits per heavy atom. The van der Waals surface area contributed by atoms with Gasteiger partial charge in [0.05, 0.1) is 0 Å². The highest BCUT2D eigenvalue weighted by atomic mass is 16.1. The minimum atomic E-state index is 0.409. The van der Waals surface area contributed by atoms with Crippen LogP contribution in [0.5, 0.6) is 0 Å². The molecule has 0 N–H and O–H groups in total. The standard InChI is InChI=1S/C13H21NO/c1-3-4-9-14-10-13(11-15)8-6-5-7-12(14)2/h5,7,10-12H,3-4,6,8-9H2,1-2H3/b7-5-,13-10+. The summed E-state index contributed by atoms with van der Waals surface area (Å²) in [7, 11) is 0. The topological polar surface area (TPSA) is 20.3 Å². The Labute approximate surface area is 92.7 Å². The summed E-state index contributed by atoms with van der Waals surface area (Å²) >= 11 is 0. The van der Waals surface area contributed by atoms with E-state index in [4.69, 9.17) is 0 Å². The van der Waals surface area contributed by atoms with E-state index in [0.29, 0.717) is 6.04 Å². The lowest BCUT2D eigenvalue weighted by molar-refractivity contribution is -0.105. The molecule has 2 nitrogen and oxygen atoms in total. The molecule has 84 valence electrons. The second-order valence-corrected chi connectivity index (χ2v) is 4.12. The molecule has 1 rings (SSSR count). The molecular weight excluding hydrogens is 186 g/mol. The molecule has 0 saturated carbocycles. The van der Waals surface area contributed by atoms with Gasteiger partial charge in [0.1, 0.15) is 6.29 Å². The molecule has 1 atom stereocenters. The van der Waals surface area contributed by atoms with Gasteiger partial charge in [0.15, 0.2) is 0 Å². The fraction of sp³-hybridized carbons (Fsp3) is 0.615. The van der Waals surface area contributed by atoms with Crippen LogP contribution in [0.2, 0.25) is 0 Å². The molecule has 0 aromatic carbocycles. The molecule has 0 saturated heterocycles.